The second-order valence-electron chi connectivity index (χ2n) is 6.91. The third-order valence-electron chi connectivity index (χ3n) is 5.94. The predicted molar refractivity (Wildman–Crippen MR) is 86.0 cm³/mol. The van der Waals surface area contributed by atoms with Crippen LogP contribution in [0.3, 0.4) is 0 Å². The number of carbonyl (C=O) groups is 3. The number of hydrogen-bond donors (Lipinski definition) is 1. The first kappa shape index (κ1) is 16.7. The van der Waals surface area contributed by atoms with Gasteiger partial charge in [0.15, 0.2) is 5.78 Å². The van der Waals surface area contributed by atoms with Crippen LogP contribution in [0.2, 0.25) is 0 Å². The van der Waals surface area contributed by atoms with E-state index in [-0.39, 0.29) is 28.9 Å². The molecule has 2 saturated heterocycles. The SMILES string of the molecule is C=C1C(=O)C(/C(OC)=C(/C)C(=O)O)[C@@]23CCC(=O)N2CCCCC13. The van der Waals surface area contributed by atoms with Gasteiger partial charge in [-0.3, -0.25) is 9.59 Å². The molecule has 2 aliphatic heterocycles. The van der Waals surface area contributed by atoms with Crippen LogP contribution in [-0.2, 0) is 19.1 Å². The van der Waals surface area contributed by atoms with Crippen molar-refractivity contribution in [3.05, 3.63) is 23.5 Å². The van der Waals surface area contributed by atoms with Gasteiger partial charge in [-0.2, -0.15) is 0 Å². The predicted octanol–water partition coefficient (Wildman–Crippen LogP) is 1.91. The molecule has 3 rings (SSSR count). The standard InChI is InChI=1S/C18H23NO5/c1-10-12-6-4-5-9-19-13(20)7-8-18(12,19)14(15(10)21)16(24-3)11(2)17(22)23/h12,14H,1,4-9H2,2-3H3,(H,22,23)/b16-11+/t12?,14?,18-/m0/s1. The molecule has 3 fully saturated rings. The molecule has 3 aliphatic rings. The van der Waals surface area contributed by atoms with Crippen LogP contribution in [0.25, 0.3) is 0 Å². The number of hydrogen-bond acceptors (Lipinski definition) is 4. The molecule has 1 aliphatic carbocycles. The van der Waals surface area contributed by atoms with Gasteiger partial charge < -0.3 is 14.7 Å². The lowest BCUT2D eigenvalue weighted by atomic mass is 9.75. The van der Waals surface area contributed by atoms with Crippen LogP contribution in [0.1, 0.15) is 39.0 Å². The fraction of sp³-hybridized carbons (Fsp3) is 0.611. The van der Waals surface area contributed by atoms with Crippen molar-refractivity contribution >= 4 is 17.7 Å². The molecule has 3 atom stereocenters. The summed E-state index contributed by atoms with van der Waals surface area (Å²) in [5.41, 5.74) is -0.180. The fourth-order valence-corrected chi connectivity index (χ4v) is 4.87. The summed E-state index contributed by atoms with van der Waals surface area (Å²) in [6, 6.07) is 0. The van der Waals surface area contributed by atoms with E-state index in [1.807, 2.05) is 4.90 Å². The first-order valence-electron chi connectivity index (χ1n) is 8.37. The zero-order valence-corrected chi connectivity index (χ0v) is 14.1. The molecule has 130 valence electrons. The van der Waals surface area contributed by atoms with Gasteiger partial charge in [0.1, 0.15) is 11.7 Å². The minimum atomic E-state index is -1.12. The van der Waals surface area contributed by atoms with Gasteiger partial charge in [0.25, 0.3) is 0 Å². The van der Waals surface area contributed by atoms with Crippen molar-refractivity contribution in [3.8, 4) is 0 Å². The smallest absolute Gasteiger partial charge is 0.334 e. The number of ketones is 1. The number of Topliss-reactive ketones (excluding diaryl/α,β-unsaturated/α-hetero) is 1. The lowest BCUT2D eigenvalue weighted by molar-refractivity contribution is -0.134. The Hall–Kier alpha value is -2.11. The van der Waals surface area contributed by atoms with E-state index in [4.69, 9.17) is 4.74 Å². The zero-order valence-electron chi connectivity index (χ0n) is 14.1. The molecule has 1 spiro atoms. The summed E-state index contributed by atoms with van der Waals surface area (Å²) in [7, 11) is 1.39. The monoisotopic (exact) mass is 333 g/mol. The van der Waals surface area contributed by atoms with Gasteiger partial charge >= 0.3 is 5.97 Å². The number of rotatable bonds is 3. The summed E-state index contributed by atoms with van der Waals surface area (Å²) >= 11 is 0. The highest BCUT2D eigenvalue weighted by atomic mass is 16.5. The lowest BCUT2D eigenvalue weighted by Crippen LogP contribution is -2.53. The summed E-state index contributed by atoms with van der Waals surface area (Å²) in [6.07, 6.45) is 3.55. The Morgan fingerprint density at radius 2 is 2.08 bits per heavy atom. The molecular formula is C18H23NO5. The molecule has 0 bridgehead atoms. The number of nitrogens with zero attached hydrogens (tertiary/aromatic N) is 1. The van der Waals surface area contributed by atoms with Crippen LogP contribution in [0.5, 0.6) is 0 Å². The van der Waals surface area contributed by atoms with Crippen molar-refractivity contribution in [1.82, 2.24) is 4.90 Å². The Balaban J connectivity index is 2.22. The molecule has 1 saturated carbocycles. The maximum atomic E-state index is 13.0. The van der Waals surface area contributed by atoms with Crippen LogP contribution in [-0.4, -0.2) is 46.9 Å². The van der Waals surface area contributed by atoms with E-state index in [9.17, 15) is 19.5 Å². The van der Waals surface area contributed by atoms with Crippen molar-refractivity contribution in [1.29, 1.82) is 0 Å². The Morgan fingerprint density at radius 3 is 2.71 bits per heavy atom. The van der Waals surface area contributed by atoms with Crippen LogP contribution in [0.15, 0.2) is 23.5 Å². The topological polar surface area (TPSA) is 83.9 Å². The lowest BCUT2D eigenvalue weighted by Gasteiger charge is -2.42. The van der Waals surface area contributed by atoms with E-state index in [1.165, 1.54) is 14.0 Å². The maximum Gasteiger partial charge on any atom is 0.334 e. The molecular weight excluding hydrogens is 310 g/mol. The number of amides is 1. The Bertz CT molecular complexity index is 664. The quantitative estimate of drug-likeness (QED) is 0.630. The van der Waals surface area contributed by atoms with E-state index in [0.717, 1.165) is 19.3 Å². The van der Waals surface area contributed by atoms with Gasteiger partial charge in [-0.25, -0.2) is 4.79 Å². The highest BCUT2D eigenvalue weighted by Gasteiger charge is 2.65. The number of carboxylic acids is 1. The van der Waals surface area contributed by atoms with Crippen molar-refractivity contribution in [2.45, 2.75) is 44.6 Å². The van der Waals surface area contributed by atoms with Gasteiger partial charge in [-0.1, -0.05) is 13.0 Å². The summed E-state index contributed by atoms with van der Waals surface area (Å²) in [4.78, 5) is 38.8. The van der Waals surface area contributed by atoms with Crippen molar-refractivity contribution < 1.29 is 24.2 Å². The van der Waals surface area contributed by atoms with Crippen LogP contribution >= 0.6 is 0 Å². The summed E-state index contributed by atoms with van der Waals surface area (Å²) in [6.45, 7) is 6.05. The van der Waals surface area contributed by atoms with Crippen LogP contribution in [0.4, 0.5) is 0 Å². The molecule has 6 nitrogen and oxygen atoms in total. The molecule has 0 aromatic carbocycles. The number of carbonyl (C=O) groups excluding carboxylic acids is 2. The van der Waals surface area contributed by atoms with E-state index >= 15 is 0 Å². The summed E-state index contributed by atoms with van der Waals surface area (Å²) in [5, 5.41) is 9.39. The summed E-state index contributed by atoms with van der Waals surface area (Å²) in [5.74, 6) is -1.97. The third-order valence-corrected chi connectivity index (χ3v) is 5.94. The minimum Gasteiger partial charge on any atom is -0.500 e. The number of aliphatic carboxylic acids is 1. The van der Waals surface area contributed by atoms with E-state index < -0.39 is 17.4 Å². The highest BCUT2D eigenvalue weighted by Crippen LogP contribution is 2.56. The van der Waals surface area contributed by atoms with E-state index in [1.54, 1.807) is 0 Å². The maximum absolute atomic E-state index is 13.0. The fourth-order valence-electron chi connectivity index (χ4n) is 4.87. The van der Waals surface area contributed by atoms with Crippen LogP contribution in [0, 0.1) is 11.8 Å². The van der Waals surface area contributed by atoms with Gasteiger partial charge in [0, 0.05) is 18.9 Å². The van der Waals surface area contributed by atoms with Crippen molar-refractivity contribution in [2.24, 2.45) is 11.8 Å². The third kappa shape index (κ3) is 2.05. The van der Waals surface area contributed by atoms with Crippen LogP contribution < -0.4 is 0 Å². The number of carboxylic acid groups (broad SMARTS) is 1. The highest BCUT2D eigenvalue weighted by molar-refractivity contribution is 6.05. The van der Waals surface area contributed by atoms with Gasteiger partial charge in [0.2, 0.25) is 5.91 Å². The molecule has 24 heavy (non-hydrogen) atoms. The van der Waals surface area contributed by atoms with Crippen molar-refractivity contribution in [2.75, 3.05) is 13.7 Å². The molecule has 0 radical (unpaired) electrons. The second-order valence-corrected chi connectivity index (χ2v) is 6.91. The van der Waals surface area contributed by atoms with Gasteiger partial charge in [-0.15, -0.1) is 0 Å². The average molecular weight is 333 g/mol. The zero-order chi connectivity index (χ0) is 17.6. The first-order chi connectivity index (χ1) is 11.4. The molecule has 1 amide bonds. The summed E-state index contributed by atoms with van der Waals surface area (Å²) < 4.78 is 5.40. The Morgan fingerprint density at radius 1 is 1.38 bits per heavy atom. The van der Waals surface area contributed by atoms with Gasteiger partial charge in [0.05, 0.1) is 18.2 Å². The normalized spacial score (nSPS) is 33.8. The largest absolute Gasteiger partial charge is 0.500 e. The van der Waals surface area contributed by atoms with Crippen molar-refractivity contribution in [3.63, 3.8) is 0 Å². The average Bonchev–Trinajstić information content (AvgIpc) is 2.88. The Kier molecular flexibility index (Phi) is 4.01. The molecule has 0 aromatic heterocycles. The van der Waals surface area contributed by atoms with Gasteiger partial charge in [-0.05, 0) is 31.8 Å². The molecule has 2 heterocycles. The molecule has 0 aromatic rings. The second kappa shape index (κ2) is 5.76. The minimum absolute atomic E-state index is 0.0159. The first-order valence-corrected chi connectivity index (χ1v) is 8.37. The van der Waals surface area contributed by atoms with E-state index in [0.29, 0.717) is 25.0 Å². The number of ether oxygens (including phenoxy) is 1. The molecule has 2 unspecified atom stereocenters. The number of methoxy groups -OCH3 is 1. The molecule has 1 N–H and O–H groups in total. The Labute approximate surface area is 141 Å². The van der Waals surface area contributed by atoms with E-state index in [2.05, 4.69) is 6.58 Å². The molecule has 6 heteroatoms.